The van der Waals surface area contributed by atoms with Crippen molar-refractivity contribution in [1.82, 2.24) is 25.4 Å². The molecule has 1 aromatic rings. The zero-order valence-corrected chi connectivity index (χ0v) is 23.3. The van der Waals surface area contributed by atoms with Crippen LogP contribution in [0.3, 0.4) is 0 Å². The standard InChI is InChI=1S/C24H43N7O.HI/c1-5-25-24(28-21(4)11-10-16-29(6-2)7-3)27-15-13-23(32)31-19-17-30(18-20-31)22-12-8-9-14-26-22;/h8-9,12,14,21H,5-7,10-11,13,15-20H2,1-4H3,(H2,25,27,28);1H. The Morgan fingerprint density at radius 3 is 2.52 bits per heavy atom. The summed E-state index contributed by atoms with van der Waals surface area (Å²) in [5.74, 6) is 1.96. The topological polar surface area (TPSA) is 76.1 Å². The Kier molecular flexibility index (Phi) is 15.1. The summed E-state index contributed by atoms with van der Waals surface area (Å²) in [4.78, 5) is 28.3. The molecule has 1 aromatic heterocycles. The van der Waals surface area contributed by atoms with Crippen LogP contribution in [0, 0.1) is 0 Å². The maximum absolute atomic E-state index is 12.6. The number of aromatic nitrogens is 1. The lowest BCUT2D eigenvalue weighted by molar-refractivity contribution is -0.131. The number of halogens is 1. The fraction of sp³-hybridized carbons (Fsp3) is 0.708. The predicted octanol–water partition coefficient (Wildman–Crippen LogP) is 2.80. The zero-order chi connectivity index (χ0) is 23.2. The van der Waals surface area contributed by atoms with Crippen LogP contribution in [0.2, 0.25) is 0 Å². The maximum atomic E-state index is 12.6. The maximum Gasteiger partial charge on any atom is 0.224 e. The van der Waals surface area contributed by atoms with Crippen LogP contribution in [0.15, 0.2) is 29.4 Å². The van der Waals surface area contributed by atoms with Crippen LogP contribution in [-0.2, 0) is 4.79 Å². The summed E-state index contributed by atoms with van der Waals surface area (Å²) in [6, 6.07) is 6.29. The molecule has 0 saturated carbocycles. The highest BCUT2D eigenvalue weighted by atomic mass is 127. The normalized spacial score (nSPS) is 15.2. The van der Waals surface area contributed by atoms with Crippen LogP contribution >= 0.6 is 24.0 Å². The third-order valence-electron chi connectivity index (χ3n) is 5.93. The minimum Gasteiger partial charge on any atom is -0.357 e. The molecule has 1 fully saturated rings. The van der Waals surface area contributed by atoms with Gasteiger partial charge in [-0.2, -0.15) is 0 Å². The average molecular weight is 574 g/mol. The van der Waals surface area contributed by atoms with E-state index in [2.05, 4.69) is 58.1 Å². The van der Waals surface area contributed by atoms with Gasteiger partial charge >= 0.3 is 0 Å². The van der Waals surface area contributed by atoms with Gasteiger partial charge in [-0.25, -0.2) is 4.98 Å². The molecule has 1 aliphatic heterocycles. The Labute approximate surface area is 217 Å². The predicted molar refractivity (Wildman–Crippen MR) is 149 cm³/mol. The molecule has 9 heteroatoms. The quantitative estimate of drug-likeness (QED) is 0.228. The molecule has 33 heavy (non-hydrogen) atoms. The van der Waals surface area contributed by atoms with Gasteiger partial charge in [-0.05, 0) is 58.5 Å². The van der Waals surface area contributed by atoms with Gasteiger partial charge in [0, 0.05) is 51.4 Å². The summed E-state index contributed by atoms with van der Waals surface area (Å²) >= 11 is 0. The van der Waals surface area contributed by atoms with Crippen molar-refractivity contribution >= 4 is 41.7 Å². The van der Waals surface area contributed by atoms with Gasteiger partial charge in [0.15, 0.2) is 5.96 Å². The molecular formula is C24H44IN7O. The summed E-state index contributed by atoms with van der Waals surface area (Å²) in [6.45, 7) is 16.5. The minimum absolute atomic E-state index is 0. The molecule has 0 spiro atoms. The molecule has 0 radical (unpaired) electrons. The van der Waals surface area contributed by atoms with E-state index in [0.29, 0.717) is 19.0 Å². The van der Waals surface area contributed by atoms with E-state index in [1.54, 1.807) is 0 Å². The number of carbonyl (C=O) groups is 1. The van der Waals surface area contributed by atoms with Gasteiger partial charge in [0.1, 0.15) is 5.82 Å². The van der Waals surface area contributed by atoms with Crippen LogP contribution < -0.4 is 15.5 Å². The molecule has 1 unspecified atom stereocenters. The number of rotatable bonds is 12. The molecule has 0 bridgehead atoms. The summed E-state index contributed by atoms with van der Waals surface area (Å²) in [6.07, 6.45) is 4.52. The SMILES string of the molecule is CCNC(=NCCC(=O)N1CCN(c2ccccn2)CC1)NC(C)CCCN(CC)CC.I. The van der Waals surface area contributed by atoms with Gasteiger partial charge in [0.05, 0.1) is 6.54 Å². The molecule has 0 aromatic carbocycles. The fourth-order valence-corrected chi connectivity index (χ4v) is 3.93. The van der Waals surface area contributed by atoms with Gasteiger partial charge < -0.3 is 25.3 Å². The highest BCUT2D eigenvalue weighted by Gasteiger charge is 2.21. The Hall–Kier alpha value is -1.62. The molecule has 2 heterocycles. The highest BCUT2D eigenvalue weighted by molar-refractivity contribution is 14.0. The van der Waals surface area contributed by atoms with Crippen LogP contribution in [0.5, 0.6) is 0 Å². The third kappa shape index (κ3) is 10.9. The van der Waals surface area contributed by atoms with Crippen LogP contribution in [0.25, 0.3) is 0 Å². The smallest absolute Gasteiger partial charge is 0.224 e. The first-order chi connectivity index (χ1) is 15.6. The monoisotopic (exact) mass is 573 g/mol. The van der Waals surface area contributed by atoms with Crippen molar-refractivity contribution in [2.75, 3.05) is 63.8 Å². The lowest BCUT2D eigenvalue weighted by atomic mass is 10.2. The van der Waals surface area contributed by atoms with E-state index in [1.807, 2.05) is 29.3 Å². The van der Waals surface area contributed by atoms with Crippen molar-refractivity contribution in [3.8, 4) is 0 Å². The first-order valence-corrected chi connectivity index (χ1v) is 12.3. The third-order valence-corrected chi connectivity index (χ3v) is 5.93. The second-order valence-electron chi connectivity index (χ2n) is 8.28. The van der Waals surface area contributed by atoms with Crippen molar-refractivity contribution in [1.29, 1.82) is 0 Å². The largest absolute Gasteiger partial charge is 0.357 e. The van der Waals surface area contributed by atoms with E-state index in [1.165, 1.54) is 0 Å². The number of nitrogens with zero attached hydrogens (tertiary/aromatic N) is 5. The average Bonchev–Trinajstić information content (AvgIpc) is 2.82. The number of pyridine rings is 1. The molecule has 8 nitrogen and oxygen atoms in total. The number of carbonyl (C=O) groups excluding carboxylic acids is 1. The van der Waals surface area contributed by atoms with Gasteiger partial charge in [0.2, 0.25) is 5.91 Å². The van der Waals surface area contributed by atoms with Crippen molar-refractivity contribution in [3.63, 3.8) is 0 Å². The Morgan fingerprint density at radius 1 is 1.18 bits per heavy atom. The number of aliphatic imine (C=N–C) groups is 1. The summed E-state index contributed by atoms with van der Waals surface area (Å²) in [5, 5.41) is 6.79. The number of guanidine groups is 1. The van der Waals surface area contributed by atoms with Gasteiger partial charge in [0.25, 0.3) is 0 Å². The summed E-state index contributed by atoms with van der Waals surface area (Å²) < 4.78 is 0. The van der Waals surface area contributed by atoms with Crippen LogP contribution in [0.1, 0.15) is 47.0 Å². The zero-order valence-electron chi connectivity index (χ0n) is 20.9. The summed E-state index contributed by atoms with van der Waals surface area (Å²) in [5.41, 5.74) is 0. The molecule has 188 valence electrons. The molecule has 1 aliphatic rings. The van der Waals surface area contributed by atoms with Gasteiger partial charge in [-0.15, -0.1) is 24.0 Å². The second kappa shape index (κ2) is 16.9. The van der Waals surface area contributed by atoms with Crippen molar-refractivity contribution in [3.05, 3.63) is 24.4 Å². The van der Waals surface area contributed by atoms with Crippen molar-refractivity contribution < 1.29 is 4.79 Å². The van der Waals surface area contributed by atoms with E-state index in [9.17, 15) is 4.79 Å². The van der Waals surface area contributed by atoms with E-state index < -0.39 is 0 Å². The molecular weight excluding hydrogens is 529 g/mol. The lowest BCUT2D eigenvalue weighted by Gasteiger charge is -2.35. The molecule has 1 saturated heterocycles. The number of hydrogen-bond acceptors (Lipinski definition) is 5. The molecule has 2 N–H and O–H groups in total. The fourth-order valence-electron chi connectivity index (χ4n) is 3.93. The minimum atomic E-state index is 0. The number of hydrogen-bond donors (Lipinski definition) is 2. The first kappa shape index (κ1) is 29.4. The molecule has 1 amide bonds. The van der Waals surface area contributed by atoms with E-state index in [0.717, 1.165) is 77.0 Å². The second-order valence-corrected chi connectivity index (χ2v) is 8.28. The molecule has 2 rings (SSSR count). The summed E-state index contributed by atoms with van der Waals surface area (Å²) in [7, 11) is 0. The lowest BCUT2D eigenvalue weighted by Crippen LogP contribution is -2.49. The number of amides is 1. The number of piperazine rings is 1. The van der Waals surface area contributed by atoms with Gasteiger partial charge in [-0.3, -0.25) is 9.79 Å². The van der Waals surface area contributed by atoms with Crippen molar-refractivity contribution in [2.45, 2.75) is 53.0 Å². The van der Waals surface area contributed by atoms with E-state index >= 15 is 0 Å². The Balaban J connectivity index is 0.00000544. The number of anilines is 1. The van der Waals surface area contributed by atoms with E-state index in [4.69, 9.17) is 0 Å². The Morgan fingerprint density at radius 2 is 1.91 bits per heavy atom. The van der Waals surface area contributed by atoms with Crippen LogP contribution in [0.4, 0.5) is 5.82 Å². The van der Waals surface area contributed by atoms with E-state index in [-0.39, 0.29) is 29.9 Å². The Bertz CT molecular complexity index is 677. The first-order valence-electron chi connectivity index (χ1n) is 12.3. The number of nitrogens with one attached hydrogen (secondary N) is 2. The van der Waals surface area contributed by atoms with Gasteiger partial charge in [-0.1, -0.05) is 19.9 Å². The molecule has 1 atom stereocenters. The van der Waals surface area contributed by atoms with Crippen molar-refractivity contribution in [2.24, 2.45) is 4.99 Å². The molecule has 0 aliphatic carbocycles. The highest BCUT2D eigenvalue weighted by Crippen LogP contribution is 2.13. The van der Waals surface area contributed by atoms with Crippen LogP contribution in [-0.4, -0.2) is 91.6 Å².